The van der Waals surface area contributed by atoms with Crippen LogP contribution in [-0.2, 0) is 32.7 Å². The van der Waals surface area contributed by atoms with Crippen LogP contribution >= 0.6 is 0 Å². The Hall–Kier alpha value is -4.34. The molecular weight excluding hydrogens is 452 g/mol. The van der Waals surface area contributed by atoms with Crippen LogP contribution in [0.25, 0.3) is 11.0 Å². The number of urea groups is 1. The molecule has 3 aromatic rings. The van der Waals surface area contributed by atoms with E-state index in [9.17, 15) is 19.2 Å². The molecule has 10 nitrogen and oxygen atoms in total. The highest BCUT2D eigenvalue weighted by molar-refractivity contribution is 5.95. The third kappa shape index (κ3) is 4.96. The number of hydrogen-bond donors (Lipinski definition) is 2. The molecule has 10 heteroatoms. The molecule has 2 amide bonds. The summed E-state index contributed by atoms with van der Waals surface area (Å²) >= 11 is 0. The molecule has 0 fully saturated rings. The van der Waals surface area contributed by atoms with E-state index < -0.39 is 24.0 Å². The Kier molecular flexibility index (Phi) is 7.00. The van der Waals surface area contributed by atoms with Crippen molar-refractivity contribution in [2.45, 2.75) is 25.9 Å². The minimum absolute atomic E-state index is 0.0652. The molecule has 0 bridgehead atoms. The van der Waals surface area contributed by atoms with Crippen molar-refractivity contribution in [3.05, 3.63) is 81.9 Å². The number of carbonyl (C=O) groups excluding carboxylic acids is 3. The maximum Gasteiger partial charge on any atom is 0.338 e. The van der Waals surface area contributed by atoms with Crippen molar-refractivity contribution in [3.63, 3.8) is 0 Å². The molecule has 1 aromatic heterocycles. The van der Waals surface area contributed by atoms with Gasteiger partial charge in [0.1, 0.15) is 6.61 Å². The van der Waals surface area contributed by atoms with Gasteiger partial charge in [0, 0.05) is 13.6 Å². The zero-order chi connectivity index (χ0) is 24.9. The Morgan fingerprint density at radius 2 is 1.66 bits per heavy atom. The van der Waals surface area contributed by atoms with Crippen molar-refractivity contribution < 1.29 is 23.9 Å². The molecule has 2 aromatic carbocycles. The average Bonchev–Trinajstić information content (AvgIpc) is 3.11. The molecule has 0 aliphatic carbocycles. The van der Waals surface area contributed by atoms with E-state index in [1.807, 2.05) is 30.3 Å². The lowest BCUT2D eigenvalue weighted by molar-refractivity contribution is -0.144. The summed E-state index contributed by atoms with van der Waals surface area (Å²) in [6, 6.07) is 15.0. The maximum absolute atomic E-state index is 12.8. The number of esters is 2. The summed E-state index contributed by atoms with van der Waals surface area (Å²) < 4.78 is 13.6. The van der Waals surface area contributed by atoms with Crippen molar-refractivity contribution >= 4 is 29.0 Å². The lowest BCUT2D eigenvalue weighted by Crippen LogP contribution is -2.47. The highest BCUT2D eigenvalue weighted by atomic mass is 16.5. The van der Waals surface area contributed by atoms with Crippen LogP contribution in [-0.4, -0.2) is 40.3 Å². The van der Waals surface area contributed by atoms with Crippen LogP contribution in [0.3, 0.4) is 0 Å². The molecule has 0 unspecified atom stereocenters. The second-order valence-electron chi connectivity index (χ2n) is 7.95. The predicted molar refractivity (Wildman–Crippen MR) is 127 cm³/mol. The molecule has 182 valence electrons. The van der Waals surface area contributed by atoms with Crippen LogP contribution in [0, 0.1) is 0 Å². The number of fused-ring (bicyclic) bond motifs is 1. The Morgan fingerprint density at radius 3 is 2.37 bits per heavy atom. The fourth-order valence-corrected chi connectivity index (χ4v) is 4.08. The second-order valence-corrected chi connectivity index (χ2v) is 7.95. The minimum Gasteiger partial charge on any atom is -0.463 e. The molecule has 35 heavy (non-hydrogen) atoms. The Bertz CT molecular complexity index is 1360. The molecule has 0 saturated carbocycles. The summed E-state index contributed by atoms with van der Waals surface area (Å²) in [5.41, 5.74) is 2.25. The topological polar surface area (TPSA) is 121 Å². The Labute approximate surface area is 201 Å². The van der Waals surface area contributed by atoms with Gasteiger partial charge in [-0.05, 0) is 24.6 Å². The van der Waals surface area contributed by atoms with Crippen molar-refractivity contribution in [1.29, 1.82) is 0 Å². The molecule has 1 aliphatic heterocycles. The molecular formula is C25H26N4O6. The summed E-state index contributed by atoms with van der Waals surface area (Å²) in [6.07, 6.45) is -0.0652. The number of nitrogens with one attached hydrogen (secondary N) is 2. The van der Waals surface area contributed by atoms with Crippen molar-refractivity contribution in [1.82, 2.24) is 19.8 Å². The molecule has 2 N–H and O–H groups in total. The monoisotopic (exact) mass is 478 g/mol. The zero-order valence-corrected chi connectivity index (χ0v) is 19.4. The number of carbonyl (C=O) groups is 3. The quantitative estimate of drug-likeness (QED) is 0.479. The smallest absolute Gasteiger partial charge is 0.338 e. The number of aromatic nitrogens is 2. The van der Waals surface area contributed by atoms with Crippen LogP contribution in [0.2, 0.25) is 0 Å². The normalized spacial score (nSPS) is 15.5. The summed E-state index contributed by atoms with van der Waals surface area (Å²) in [6.45, 7) is 1.63. The fourth-order valence-electron chi connectivity index (χ4n) is 4.08. The minimum atomic E-state index is -0.757. The lowest BCUT2D eigenvalue weighted by Gasteiger charge is -2.29. The first kappa shape index (κ1) is 23.8. The number of amides is 2. The predicted octanol–water partition coefficient (Wildman–Crippen LogP) is 2.14. The molecule has 1 aliphatic rings. The molecule has 0 radical (unpaired) electrons. The summed E-state index contributed by atoms with van der Waals surface area (Å²) in [4.78, 5) is 50.2. The number of ether oxygens (including phenoxy) is 2. The van der Waals surface area contributed by atoms with Gasteiger partial charge in [0.15, 0.2) is 0 Å². The van der Waals surface area contributed by atoms with E-state index >= 15 is 0 Å². The fraction of sp³-hybridized carbons (Fsp3) is 0.280. The van der Waals surface area contributed by atoms with Gasteiger partial charge in [0.05, 0.1) is 41.4 Å². The number of benzene rings is 2. The van der Waals surface area contributed by atoms with Gasteiger partial charge in [0.2, 0.25) is 0 Å². The van der Waals surface area contributed by atoms with E-state index in [4.69, 9.17) is 9.47 Å². The maximum atomic E-state index is 12.8. The van der Waals surface area contributed by atoms with Crippen LogP contribution < -0.4 is 16.3 Å². The molecule has 0 saturated heterocycles. The van der Waals surface area contributed by atoms with Crippen LogP contribution in [0.1, 0.15) is 24.9 Å². The van der Waals surface area contributed by atoms with Gasteiger partial charge in [-0.15, -0.1) is 0 Å². The van der Waals surface area contributed by atoms with Gasteiger partial charge in [-0.25, -0.2) is 14.4 Å². The third-order valence-electron chi connectivity index (χ3n) is 5.75. The van der Waals surface area contributed by atoms with Crippen LogP contribution in [0.15, 0.2) is 70.7 Å². The van der Waals surface area contributed by atoms with E-state index in [0.717, 1.165) is 11.0 Å². The first-order chi connectivity index (χ1) is 16.9. The van der Waals surface area contributed by atoms with E-state index in [-0.39, 0.29) is 43.1 Å². The van der Waals surface area contributed by atoms with E-state index in [1.165, 1.54) is 9.13 Å². The number of imidazole rings is 1. The summed E-state index contributed by atoms with van der Waals surface area (Å²) in [5.74, 6) is -1.20. The van der Waals surface area contributed by atoms with E-state index in [2.05, 4.69) is 10.6 Å². The summed E-state index contributed by atoms with van der Waals surface area (Å²) in [5, 5.41) is 5.29. The molecule has 0 spiro atoms. The van der Waals surface area contributed by atoms with Gasteiger partial charge in [0.25, 0.3) is 0 Å². The number of aryl methyl sites for hydroxylation is 2. The van der Waals surface area contributed by atoms with Crippen LogP contribution in [0.5, 0.6) is 0 Å². The second kappa shape index (κ2) is 10.3. The van der Waals surface area contributed by atoms with Crippen molar-refractivity contribution in [2.24, 2.45) is 7.05 Å². The number of rotatable bonds is 8. The molecule has 2 heterocycles. The third-order valence-corrected chi connectivity index (χ3v) is 5.75. The molecule has 1 atom stereocenters. The largest absolute Gasteiger partial charge is 0.463 e. The van der Waals surface area contributed by atoms with Gasteiger partial charge >= 0.3 is 23.7 Å². The van der Waals surface area contributed by atoms with Gasteiger partial charge in [-0.3, -0.25) is 13.9 Å². The lowest BCUT2D eigenvalue weighted by atomic mass is 9.95. The average molecular weight is 479 g/mol. The highest BCUT2D eigenvalue weighted by Gasteiger charge is 2.34. The van der Waals surface area contributed by atoms with E-state index in [0.29, 0.717) is 5.56 Å². The van der Waals surface area contributed by atoms with Gasteiger partial charge in [-0.1, -0.05) is 42.5 Å². The van der Waals surface area contributed by atoms with Crippen molar-refractivity contribution in [2.75, 3.05) is 13.2 Å². The Balaban J connectivity index is 1.52. The first-order valence-corrected chi connectivity index (χ1v) is 11.2. The molecule has 4 rings (SSSR count). The van der Waals surface area contributed by atoms with E-state index in [1.54, 1.807) is 38.2 Å². The van der Waals surface area contributed by atoms with Gasteiger partial charge < -0.3 is 20.1 Å². The zero-order valence-electron chi connectivity index (χ0n) is 19.4. The number of hydrogen-bond acceptors (Lipinski definition) is 6. The summed E-state index contributed by atoms with van der Waals surface area (Å²) in [7, 11) is 1.67. The highest BCUT2D eigenvalue weighted by Crippen LogP contribution is 2.27. The number of nitrogens with zero attached hydrogens (tertiary/aromatic N) is 2. The first-order valence-electron chi connectivity index (χ1n) is 11.2. The standard InChI is InChI=1S/C25H26N4O6/c1-3-34-23(31)21-17(26-24(32)27-22(21)16-9-5-4-6-10-16)15-35-20(30)13-14-29-19-12-8-7-11-18(19)28(2)25(29)33/h4-12,22H,3,13-15H2,1-2H3,(H2,26,27,32)/t22-/m0/s1. The van der Waals surface area contributed by atoms with Crippen LogP contribution in [0.4, 0.5) is 4.79 Å². The van der Waals surface area contributed by atoms with Crippen molar-refractivity contribution in [3.8, 4) is 0 Å². The van der Waals surface area contributed by atoms with Gasteiger partial charge in [-0.2, -0.15) is 0 Å². The SMILES string of the molecule is CCOC(=O)C1=C(COC(=O)CCn2c(=O)n(C)c3ccccc32)NC(=O)N[C@H]1c1ccccc1. The number of para-hydroxylation sites is 2. The Morgan fingerprint density at radius 1 is 0.971 bits per heavy atom.